The van der Waals surface area contributed by atoms with Crippen LogP contribution in [0.2, 0.25) is 0 Å². The molecule has 3 rings (SSSR count). The molecule has 0 spiro atoms. The smallest absolute Gasteiger partial charge is 0.380 e. The highest BCUT2D eigenvalue weighted by Crippen LogP contribution is 2.34. The van der Waals surface area contributed by atoms with Crippen molar-refractivity contribution in [3.63, 3.8) is 0 Å². The largest absolute Gasteiger partial charge is 0.501 e. The Morgan fingerprint density at radius 2 is 1.67 bits per heavy atom. The Kier molecular flexibility index (Phi) is 4.97. The van der Waals surface area contributed by atoms with Crippen molar-refractivity contribution in [1.29, 1.82) is 0 Å². The van der Waals surface area contributed by atoms with Gasteiger partial charge in [0, 0.05) is 30.9 Å². The standard InChI is InChI=1S/C18H16F3N3O2S/c1-24-12-14(17(23-24)13-7-3-2-4-8-13)11-22-15-9-5-6-10-16(15)27(25,26)18(19,20)21/h2-10,12,22H,11H2,1H3. The summed E-state index contributed by atoms with van der Waals surface area (Å²) in [5.41, 5.74) is -3.23. The molecule has 0 saturated heterocycles. The third-order valence-electron chi connectivity index (χ3n) is 3.90. The number of hydrogen-bond acceptors (Lipinski definition) is 4. The lowest BCUT2D eigenvalue weighted by molar-refractivity contribution is -0.0435. The molecule has 0 saturated carbocycles. The van der Waals surface area contributed by atoms with Gasteiger partial charge in [0.15, 0.2) is 0 Å². The molecule has 0 radical (unpaired) electrons. The van der Waals surface area contributed by atoms with Crippen molar-refractivity contribution >= 4 is 15.5 Å². The van der Waals surface area contributed by atoms with Crippen LogP contribution in [0.5, 0.6) is 0 Å². The fourth-order valence-corrected chi connectivity index (χ4v) is 3.60. The number of sulfone groups is 1. The lowest BCUT2D eigenvalue weighted by Crippen LogP contribution is -2.24. The van der Waals surface area contributed by atoms with E-state index in [9.17, 15) is 21.6 Å². The fraction of sp³-hybridized carbons (Fsp3) is 0.167. The Morgan fingerprint density at radius 1 is 1.04 bits per heavy atom. The molecule has 3 aromatic rings. The summed E-state index contributed by atoms with van der Waals surface area (Å²) >= 11 is 0. The molecule has 0 bridgehead atoms. The number of anilines is 1. The Bertz CT molecular complexity index is 1050. The predicted molar refractivity (Wildman–Crippen MR) is 95.7 cm³/mol. The average Bonchev–Trinajstić information content (AvgIpc) is 3.00. The number of nitrogens with one attached hydrogen (secondary N) is 1. The van der Waals surface area contributed by atoms with Crippen LogP contribution in [-0.4, -0.2) is 23.7 Å². The summed E-state index contributed by atoms with van der Waals surface area (Å²) in [6, 6.07) is 14.3. The molecule has 27 heavy (non-hydrogen) atoms. The molecule has 0 unspecified atom stereocenters. The van der Waals surface area contributed by atoms with Crippen LogP contribution in [-0.2, 0) is 23.4 Å². The van der Waals surface area contributed by atoms with Crippen LogP contribution >= 0.6 is 0 Å². The number of aromatic nitrogens is 2. The molecule has 0 atom stereocenters. The first-order chi connectivity index (χ1) is 12.7. The first kappa shape index (κ1) is 19.0. The molecule has 5 nitrogen and oxygen atoms in total. The summed E-state index contributed by atoms with van der Waals surface area (Å²) in [5.74, 6) is 0. The lowest BCUT2D eigenvalue weighted by atomic mass is 10.1. The SMILES string of the molecule is Cn1cc(CNc2ccccc2S(=O)(=O)C(F)(F)F)c(-c2ccccc2)n1. The van der Waals surface area contributed by atoms with Crippen molar-refractivity contribution in [1.82, 2.24) is 9.78 Å². The normalized spacial score (nSPS) is 12.1. The molecule has 0 fully saturated rings. The number of hydrogen-bond donors (Lipinski definition) is 1. The Hall–Kier alpha value is -2.81. The van der Waals surface area contributed by atoms with Gasteiger partial charge >= 0.3 is 5.51 Å². The highest BCUT2D eigenvalue weighted by molar-refractivity contribution is 7.92. The molecule has 2 aromatic carbocycles. The van der Waals surface area contributed by atoms with Gasteiger partial charge in [-0.1, -0.05) is 42.5 Å². The number of nitrogens with zero attached hydrogens (tertiary/aromatic N) is 2. The molecule has 1 aromatic heterocycles. The van der Waals surface area contributed by atoms with E-state index >= 15 is 0 Å². The monoisotopic (exact) mass is 395 g/mol. The fourth-order valence-electron chi connectivity index (χ4n) is 2.67. The van der Waals surface area contributed by atoms with E-state index in [-0.39, 0.29) is 12.2 Å². The van der Waals surface area contributed by atoms with Crippen LogP contribution in [0.15, 0.2) is 65.7 Å². The third kappa shape index (κ3) is 3.82. The van der Waals surface area contributed by atoms with E-state index < -0.39 is 20.2 Å². The van der Waals surface area contributed by atoms with E-state index in [2.05, 4.69) is 10.4 Å². The van der Waals surface area contributed by atoms with E-state index in [0.29, 0.717) is 5.69 Å². The number of alkyl halides is 3. The minimum Gasteiger partial charge on any atom is -0.380 e. The quantitative estimate of drug-likeness (QED) is 0.710. The van der Waals surface area contributed by atoms with Gasteiger partial charge in [-0.15, -0.1) is 0 Å². The van der Waals surface area contributed by atoms with Crippen molar-refractivity contribution in [3.8, 4) is 11.3 Å². The molecular weight excluding hydrogens is 379 g/mol. The molecule has 0 aliphatic rings. The minimum absolute atomic E-state index is 0.113. The minimum atomic E-state index is -5.45. The zero-order valence-corrected chi connectivity index (χ0v) is 15.1. The summed E-state index contributed by atoms with van der Waals surface area (Å²) in [4.78, 5) is -0.803. The zero-order valence-electron chi connectivity index (χ0n) is 14.2. The van der Waals surface area contributed by atoms with Gasteiger partial charge in [-0.2, -0.15) is 18.3 Å². The number of benzene rings is 2. The second-order valence-corrected chi connectivity index (χ2v) is 7.75. The highest BCUT2D eigenvalue weighted by Gasteiger charge is 2.47. The van der Waals surface area contributed by atoms with Gasteiger partial charge in [0.25, 0.3) is 9.84 Å². The zero-order chi connectivity index (χ0) is 19.7. The van der Waals surface area contributed by atoms with Crippen molar-refractivity contribution in [3.05, 3.63) is 66.4 Å². The highest BCUT2D eigenvalue weighted by atomic mass is 32.2. The number of aryl methyl sites for hydroxylation is 1. The number of halogens is 3. The summed E-state index contributed by atoms with van der Waals surface area (Å²) in [6.07, 6.45) is 1.73. The van der Waals surface area contributed by atoms with Gasteiger partial charge in [0.05, 0.1) is 16.3 Å². The summed E-state index contributed by atoms with van der Waals surface area (Å²) in [6.45, 7) is 0.114. The molecule has 142 valence electrons. The first-order valence-electron chi connectivity index (χ1n) is 7.92. The molecule has 0 aliphatic carbocycles. The molecular formula is C18H16F3N3O2S. The van der Waals surface area contributed by atoms with Crippen LogP contribution < -0.4 is 5.32 Å². The van der Waals surface area contributed by atoms with E-state index in [0.717, 1.165) is 17.2 Å². The molecule has 0 amide bonds. The van der Waals surface area contributed by atoms with E-state index in [1.165, 1.54) is 18.2 Å². The maximum Gasteiger partial charge on any atom is 0.501 e. The predicted octanol–water partition coefficient (Wildman–Crippen LogP) is 3.99. The van der Waals surface area contributed by atoms with Crippen LogP contribution in [0, 0.1) is 0 Å². The first-order valence-corrected chi connectivity index (χ1v) is 9.40. The number of para-hydroxylation sites is 1. The van der Waals surface area contributed by atoms with Crippen molar-refractivity contribution in [2.75, 3.05) is 5.32 Å². The second kappa shape index (κ2) is 7.07. The van der Waals surface area contributed by atoms with Gasteiger partial charge in [-0.3, -0.25) is 4.68 Å². The van der Waals surface area contributed by atoms with Crippen LogP contribution in [0.25, 0.3) is 11.3 Å². The molecule has 9 heteroatoms. The molecule has 1 heterocycles. The van der Waals surface area contributed by atoms with Crippen molar-refractivity contribution in [2.24, 2.45) is 7.05 Å². The molecule has 0 aliphatic heterocycles. The maximum absolute atomic E-state index is 12.9. The van der Waals surface area contributed by atoms with E-state index in [1.54, 1.807) is 17.9 Å². The Labute approximate surface area is 154 Å². The summed E-state index contributed by atoms with van der Waals surface area (Å²) < 4.78 is 64.0. The van der Waals surface area contributed by atoms with Gasteiger partial charge in [0.1, 0.15) is 0 Å². The summed E-state index contributed by atoms with van der Waals surface area (Å²) in [7, 11) is -3.72. The third-order valence-corrected chi connectivity index (χ3v) is 5.45. The molecule has 1 N–H and O–H groups in total. The van der Waals surface area contributed by atoms with Gasteiger partial charge in [-0.05, 0) is 12.1 Å². The van der Waals surface area contributed by atoms with Crippen LogP contribution in [0.1, 0.15) is 5.56 Å². The second-order valence-electron chi connectivity index (χ2n) is 5.84. The topological polar surface area (TPSA) is 64.0 Å². The Morgan fingerprint density at radius 3 is 2.33 bits per heavy atom. The van der Waals surface area contributed by atoms with Crippen LogP contribution in [0.3, 0.4) is 0 Å². The number of rotatable bonds is 5. The summed E-state index contributed by atoms with van der Waals surface area (Å²) in [5, 5.41) is 7.18. The van der Waals surface area contributed by atoms with Crippen molar-refractivity contribution in [2.45, 2.75) is 16.9 Å². The van der Waals surface area contributed by atoms with Gasteiger partial charge < -0.3 is 5.32 Å². The van der Waals surface area contributed by atoms with Crippen LogP contribution in [0.4, 0.5) is 18.9 Å². The lowest BCUT2D eigenvalue weighted by Gasteiger charge is -2.14. The van der Waals surface area contributed by atoms with Gasteiger partial charge in [0.2, 0.25) is 0 Å². The Balaban J connectivity index is 1.92. The average molecular weight is 395 g/mol. The van der Waals surface area contributed by atoms with Crippen molar-refractivity contribution < 1.29 is 21.6 Å². The van der Waals surface area contributed by atoms with E-state index in [4.69, 9.17) is 0 Å². The van der Waals surface area contributed by atoms with E-state index in [1.807, 2.05) is 30.3 Å². The van der Waals surface area contributed by atoms with Gasteiger partial charge in [-0.25, -0.2) is 8.42 Å². The maximum atomic E-state index is 12.9.